The average Bonchev–Trinajstić information content (AvgIpc) is 3.17. The standard InChI is InChI=1S/C17H20N4O2/c1-11-15(13(3)23-20-11)10-21(4)12(2)16-18-19-17(22-16)14-8-6-5-7-9-14/h5-9,12H,10H2,1-4H3. The van der Waals surface area contributed by atoms with Crippen LogP contribution in [0.5, 0.6) is 0 Å². The Morgan fingerprint density at radius 1 is 1.13 bits per heavy atom. The van der Waals surface area contributed by atoms with Crippen LogP contribution >= 0.6 is 0 Å². The van der Waals surface area contributed by atoms with E-state index in [1.807, 2.05) is 58.2 Å². The molecule has 0 spiro atoms. The molecule has 0 aliphatic heterocycles. The lowest BCUT2D eigenvalue weighted by atomic mass is 10.1. The Morgan fingerprint density at radius 2 is 1.87 bits per heavy atom. The van der Waals surface area contributed by atoms with E-state index in [0.29, 0.717) is 18.3 Å². The summed E-state index contributed by atoms with van der Waals surface area (Å²) in [6.07, 6.45) is 0. The molecule has 0 aliphatic carbocycles. The second-order valence-corrected chi connectivity index (χ2v) is 5.71. The number of rotatable bonds is 5. The minimum absolute atomic E-state index is 0.00587. The van der Waals surface area contributed by atoms with Crippen molar-refractivity contribution >= 4 is 0 Å². The van der Waals surface area contributed by atoms with Crippen LogP contribution in [0, 0.1) is 13.8 Å². The molecule has 1 unspecified atom stereocenters. The maximum absolute atomic E-state index is 5.83. The predicted molar refractivity (Wildman–Crippen MR) is 85.6 cm³/mol. The van der Waals surface area contributed by atoms with Crippen LogP contribution in [0.3, 0.4) is 0 Å². The third-order valence-electron chi connectivity index (χ3n) is 4.07. The van der Waals surface area contributed by atoms with Crippen molar-refractivity contribution in [2.75, 3.05) is 7.05 Å². The third-order valence-corrected chi connectivity index (χ3v) is 4.07. The van der Waals surface area contributed by atoms with E-state index in [2.05, 4.69) is 20.3 Å². The first-order valence-electron chi connectivity index (χ1n) is 7.57. The summed E-state index contributed by atoms with van der Waals surface area (Å²) in [7, 11) is 2.02. The monoisotopic (exact) mass is 312 g/mol. The van der Waals surface area contributed by atoms with Gasteiger partial charge in [-0.2, -0.15) is 0 Å². The Kier molecular flexibility index (Phi) is 4.25. The lowest BCUT2D eigenvalue weighted by molar-refractivity contribution is 0.216. The number of aromatic nitrogens is 3. The van der Waals surface area contributed by atoms with Gasteiger partial charge in [-0.25, -0.2) is 0 Å². The van der Waals surface area contributed by atoms with Gasteiger partial charge in [0.2, 0.25) is 11.8 Å². The molecule has 120 valence electrons. The van der Waals surface area contributed by atoms with Gasteiger partial charge < -0.3 is 8.94 Å². The highest BCUT2D eigenvalue weighted by molar-refractivity contribution is 5.51. The summed E-state index contributed by atoms with van der Waals surface area (Å²) >= 11 is 0. The second-order valence-electron chi connectivity index (χ2n) is 5.71. The molecule has 0 saturated carbocycles. The van der Waals surface area contributed by atoms with E-state index in [1.165, 1.54) is 0 Å². The van der Waals surface area contributed by atoms with E-state index < -0.39 is 0 Å². The topological polar surface area (TPSA) is 68.2 Å². The number of aryl methyl sites for hydroxylation is 2. The van der Waals surface area contributed by atoms with Crippen molar-refractivity contribution in [1.29, 1.82) is 0 Å². The molecule has 0 saturated heterocycles. The van der Waals surface area contributed by atoms with Crippen LogP contribution in [0.15, 0.2) is 39.3 Å². The summed E-state index contributed by atoms with van der Waals surface area (Å²) in [6.45, 7) is 6.63. The summed E-state index contributed by atoms with van der Waals surface area (Å²) < 4.78 is 11.0. The van der Waals surface area contributed by atoms with Gasteiger partial charge in [-0.1, -0.05) is 23.4 Å². The smallest absolute Gasteiger partial charge is 0.247 e. The fraction of sp³-hybridized carbons (Fsp3) is 0.353. The number of hydrogen-bond donors (Lipinski definition) is 0. The quantitative estimate of drug-likeness (QED) is 0.718. The first-order chi connectivity index (χ1) is 11.1. The van der Waals surface area contributed by atoms with E-state index in [1.54, 1.807) is 0 Å². The molecule has 3 rings (SSSR count). The normalized spacial score (nSPS) is 12.7. The Balaban J connectivity index is 1.75. The fourth-order valence-corrected chi connectivity index (χ4v) is 2.40. The third kappa shape index (κ3) is 3.17. The maximum atomic E-state index is 5.83. The summed E-state index contributed by atoms with van der Waals surface area (Å²) in [5.74, 6) is 1.98. The second kappa shape index (κ2) is 6.34. The van der Waals surface area contributed by atoms with E-state index in [0.717, 1.165) is 22.6 Å². The molecule has 0 N–H and O–H groups in total. The summed E-state index contributed by atoms with van der Waals surface area (Å²) in [5.41, 5.74) is 2.94. The molecule has 2 heterocycles. The minimum Gasteiger partial charge on any atom is -0.419 e. The molecule has 0 bridgehead atoms. The van der Waals surface area contributed by atoms with Crippen LogP contribution in [0.1, 0.15) is 35.9 Å². The van der Waals surface area contributed by atoms with Crippen LogP contribution < -0.4 is 0 Å². The maximum Gasteiger partial charge on any atom is 0.247 e. The van der Waals surface area contributed by atoms with Gasteiger partial charge >= 0.3 is 0 Å². The summed E-state index contributed by atoms with van der Waals surface area (Å²) in [6, 6.07) is 9.76. The Morgan fingerprint density at radius 3 is 2.52 bits per heavy atom. The van der Waals surface area contributed by atoms with E-state index in [4.69, 9.17) is 8.94 Å². The Hall–Kier alpha value is -2.47. The lowest BCUT2D eigenvalue weighted by Crippen LogP contribution is -2.22. The van der Waals surface area contributed by atoms with Crippen LogP contribution in [0.25, 0.3) is 11.5 Å². The van der Waals surface area contributed by atoms with Crippen LogP contribution in [0.2, 0.25) is 0 Å². The van der Waals surface area contributed by atoms with Crippen LogP contribution in [-0.2, 0) is 6.54 Å². The Bertz CT molecular complexity index is 760. The molecular formula is C17H20N4O2. The average molecular weight is 312 g/mol. The molecule has 1 aromatic carbocycles. The highest BCUT2D eigenvalue weighted by Crippen LogP contribution is 2.25. The largest absolute Gasteiger partial charge is 0.419 e. The SMILES string of the molecule is Cc1noc(C)c1CN(C)C(C)c1nnc(-c2ccccc2)o1. The first-order valence-corrected chi connectivity index (χ1v) is 7.57. The highest BCUT2D eigenvalue weighted by Gasteiger charge is 2.21. The van der Waals surface area contributed by atoms with Crippen molar-refractivity contribution in [2.24, 2.45) is 0 Å². The van der Waals surface area contributed by atoms with Crippen molar-refractivity contribution < 1.29 is 8.94 Å². The molecule has 3 aromatic rings. The molecule has 0 aliphatic rings. The van der Waals surface area contributed by atoms with Crippen molar-refractivity contribution in [3.8, 4) is 11.5 Å². The van der Waals surface area contributed by atoms with Gasteiger partial charge in [-0.05, 0) is 40.0 Å². The number of hydrogen-bond acceptors (Lipinski definition) is 6. The molecule has 23 heavy (non-hydrogen) atoms. The van der Waals surface area contributed by atoms with Crippen molar-refractivity contribution in [2.45, 2.75) is 33.4 Å². The van der Waals surface area contributed by atoms with Crippen LogP contribution in [0.4, 0.5) is 0 Å². The van der Waals surface area contributed by atoms with E-state index in [-0.39, 0.29) is 6.04 Å². The van der Waals surface area contributed by atoms with Crippen LogP contribution in [-0.4, -0.2) is 27.3 Å². The molecule has 2 aromatic heterocycles. The van der Waals surface area contributed by atoms with E-state index in [9.17, 15) is 0 Å². The molecular weight excluding hydrogens is 292 g/mol. The van der Waals surface area contributed by atoms with Gasteiger partial charge in [0.1, 0.15) is 5.76 Å². The van der Waals surface area contributed by atoms with Gasteiger partial charge in [-0.3, -0.25) is 4.90 Å². The van der Waals surface area contributed by atoms with Crippen molar-refractivity contribution in [3.63, 3.8) is 0 Å². The van der Waals surface area contributed by atoms with Gasteiger partial charge in [0.25, 0.3) is 0 Å². The van der Waals surface area contributed by atoms with Crippen molar-refractivity contribution in [1.82, 2.24) is 20.3 Å². The zero-order chi connectivity index (χ0) is 16.4. The first kappa shape index (κ1) is 15.4. The Labute approximate surface area is 135 Å². The van der Waals surface area contributed by atoms with Gasteiger partial charge in [0, 0.05) is 17.7 Å². The lowest BCUT2D eigenvalue weighted by Gasteiger charge is -2.21. The minimum atomic E-state index is -0.00587. The molecule has 6 nitrogen and oxygen atoms in total. The zero-order valence-corrected chi connectivity index (χ0v) is 13.8. The molecule has 0 radical (unpaired) electrons. The molecule has 6 heteroatoms. The van der Waals surface area contributed by atoms with Gasteiger partial charge in [-0.15, -0.1) is 10.2 Å². The number of nitrogens with zero attached hydrogens (tertiary/aromatic N) is 4. The van der Waals surface area contributed by atoms with Crippen molar-refractivity contribution in [3.05, 3.63) is 53.2 Å². The van der Waals surface area contributed by atoms with Gasteiger partial charge in [0.05, 0.1) is 11.7 Å². The summed E-state index contributed by atoms with van der Waals surface area (Å²) in [5, 5.41) is 12.3. The fourth-order valence-electron chi connectivity index (χ4n) is 2.40. The summed E-state index contributed by atoms with van der Waals surface area (Å²) in [4.78, 5) is 2.13. The predicted octanol–water partition coefficient (Wildman–Crippen LogP) is 3.53. The molecule has 1 atom stereocenters. The number of benzene rings is 1. The zero-order valence-electron chi connectivity index (χ0n) is 13.8. The van der Waals surface area contributed by atoms with E-state index >= 15 is 0 Å². The molecule has 0 fully saturated rings. The highest BCUT2D eigenvalue weighted by atomic mass is 16.5. The molecule has 0 amide bonds. The van der Waals surface area contributed by atoms with Gasteiger partial charge in [0.15, 0.2) is 0 Å².